The highest BCUT2D eigenvalue weighted by Gasteiger charge is 1.99. The van der Waals surface area contributed by atoms with E-state index in [1.807, 2.05) is 6.92 Å². The molecule has 0 aromatic carbocycles. The van der Waals surface area contributed by atoms with Crippen molar-refractivity contribution in [3.8, 4) is 0 Å². The molecule has 0 saturated carbocycles. The molecule has 0 unspecified atom stereocenters. The van der Waals surface area contributed by atoms with Gasteiger partial charge in [0.15, 0.2) is 0 Å². The molecule has 0 aliphatic rings. The van der Waals surface area contributed by atoms with E-state index < -0.39 is 5.97 Å². The third-order valence-corrected chi connectivity index (χ3v) is 1.87. The van der Waals surface area contributed by atoms with E-state index >= 15 is 0 Å². The van der Waals surface area contributed by atoms with Gasteiger partial charge in [-0.3, -0.25) is 5.10 Å². The molecule has 1 heterocycles. The predicted octanol–water partition coefficient (Wildman–Crippen LogP) is 1.01. The lowest BCUT2D eigenvalue weighted by molar-refractivity contribution is -0.131. The van der Waals surface area contributed by atoms with E-state index in [1.165, 1.54) is 17.8 Å². The van der Waals surface area contributed by atoms with Crippen molar-refractivity contribution < 1.29 is 9.90 Å². The lowest BCUT2D eigenvalue weighted by Gasteiger charge is -1.83. The van der Waals surface area contributed by atoms with Crippen LogP contribution in [0.4, 0.5) is 0 Å². The largest absolute Gasteiger partial charge is 0.478 e. The molecule has 1 aromatic heterocycles. The monoisotopic (exact) mass is 199 g/mol. The summed E-state index contributed by atoms with van der Waals surface area (Å²) < 4.78 is 0. The fourth-order valence-corrected chi connectivity index (χ4v) is 1.21. The van der Waals surface area contributed by atoms with Crippen molar-refractivity contribution >= 4 is 23.8 Å². The third-order valence-electron chi connectivity index (χ3n) is 1.14. The first-order valence-electron chi connectivity index (χ1n) is 3.68. The third kappa shape index (κ3) is 3.29. The zero-order chi connectivity index (χ0) is 9.68. The number of carboxylic acids is 1. The first kappa shape index (κ1) is 9.79. The first-order chi connectivity index (χ1) is 6.22. The van der Waals surface area contributed by atoms with Gasteiger partial charge in [0.05, 0.1) is 0 Å². The zero-order valence-corrected chi connectivity index (χ0v) is 7.84. The first-order valence-corrected chi connectivity index (χ1v) is 4.67. The van der Waals surface area contributed by atoms with E-state index in [9.17, 15) is 4.79 Å². The van der Waals surface area contributed by atoms with Crippen LogP contribution in [0, 0.1) is 0 Å². The van der Waals surface area contributed by atoms with Gasteiger partial charge in [-0.15, -0.1) is 5.10 Å². The normalized spacial score (nSPS) is 10.8. The molecular weight excluding hydrogens is 190 g/mol. The SMILES string of the molecule is CCSc1n[nH]c(C=CC(=O)O)n1. The average Bonchev–Trinajstić information content (AvgIpc) is 2.50. The fraction of sp³-hybridized carbons (Fsp3) is 0.286. The second-order valence-electron chi connectivity index (χ2n) is 2.11. The van der Waals surface area contributed by atoms with Crippen LogP contribution in [0.1, 0.15) is 12.7 Å². The molecule has 1 aromatic rings. The van der Waals surface area contributed by atoms with Crippen molar-refractivity contribution in [3.05, 3.63) is 11.9 Å². The van der Waals surface area contributed by atoms with Gasteiger partial charge in [-0.2, -0.15) is 0 Å². The number of thioether (sulfide) groups is 1. The van der Waals surface area contributed by atoms with Crippen LogP contribution in [-0.4, -0.2) is 32.0 Å². The van der Waals surface area contributed by atoms with E-state index in [0.717, 1.165) is 11.8 Å². The Labute approximate surface area is 79.3 Å². The van der Waals surface area contributed by atoms with Crippen LogP contribution in [0.25, 0.3) is 6.08 Å². The van der Waals surface area contributed by atoms with Crippen molar-refractivity contribution in [1.29, 1.82) is 0 Å². The highest BCUT2D eigenvalue weighted by atomic mass is 32.2. The zero-order valence-electron chi connectivity index (χ0n) is 7.02. The van der Waals surface area contributed by atoms with Crippen molar-refractivity contribution in [2.75, 3.05) is 5.75 Å². The van der Waals surface area contributed by atoms with Crippen LogP contribution in [0.5, 0.6) is 0 Å². The molecule has 13 heavy (non-hydrogen) atoms. The quantitative estimate of drug-likeness (QED) is 0.559. The van der Waals surface area contributed by atoms with Crippen LogP contribution in [0.15, 0.2) is 11.2 Å². The standard InChI is InChI=1S/C7H9N3O2S/c1-2-13-7-8-5(9-10-7)3-4-6(11)12/h3-4H,2H2,1H3,(H,11,12)(H,8,9,10). The summed E-state index contributed by atoms with van der Waals surface area (Å²) in [7, 11) is 0. The number of aromatic nitrogens is 3. The summed E-state index contributed by atoms with van der Waals surface area (Å²) in [5.41, 5.74) is 0. The molecule has 1 rings (SSSR count). The van der Waals surface area contributed by atoms with Gasteiger partial charge in [0.25, 0.3) is 0 Å². The van der Waals surface area contributed by atoms with Gasteiger partial charge in [0.1, 0.15) is 5.82 Å². The highest BCUT2D eigenvalue weighted by molar-refractivity contribution is 7.99. The summed E-state index contributed by atoms with van der Waals surface area (Å²) in [6, 6.07) is 0. The molecular formula is C7H9N3O2S. The number of nitrogens with one attached hydrogen (secondary N) is 1. The molecule has 0 spiro atoms. The molecule has 0 atom stereocenters. The Morgan fingerprint density at radius 2 is 2.54 bits per heavy atom. The maximum Gasteiger partial charge on any atom is 0.328 e. The van der Waals surface area contributed by atoms with E-state index in [-0.39, 0.29) is 0 Å². The molecule has 0 bridgehead atoms. The Kier molecular flexibility index (Phi) is 3.51. The number of carboxylic acid groups (broad SMARTS) is 1. The highest BCUT2D eigenvalue weighted by Crippen LogP contribution is 2.11. The average molecular weight is 199 g/mol. The Hall–Kier alpha value is -1.30. The number of hydrogen-bond donors (Lipinski definition) is 2. The summed E-state index contributed by atoms with van der Waals surface area (Å²) in [6.07, 6.45) is 2.38. The molecule has 0 aliphatic carbocycles. The van der Waals surface area contributed by atoms with Gasteiger partial charge in [-0.1, -0.05) is 18.7 Å². The van der Waals surface area contributed by atoms with Crippen LogP contribution < -0.4 is 0 Å². The minimum absolute atomic E-state index is 0.457. The van der Waals surface area contributed by atoms with Crippen molar-refractivity contribution in [3.63, 3.8) is 0 Å². The fourth-order valence-electron chi connectivity index (χ4n) is 0.677. The number of aromatic amines is 1. The number of aliphatic carboxylic acids is 1. The smallest absolute Gasteiger partial charge is 0.328 e. The second-order valence-corrected chi connectivity index (χ2v) is 3.34. The van der Waals surface area contributed by atoms with Crippen molar-refractivity contribution in [2.45, 2.75) is 12.1 Å². The van der Waals surface area contributed by atoms with Gasteiger partial charge in [0.2, 0.25) is 5.16 Å². The molecule has 0 fully saturated rings. The van der Waals surface area contributed by atoms with Crippen LogP contribution in [0.2, 0.25) is 0 Å². The van der Waals surface area contributed by atoms with Crippen LogP contribution >= 0.6 is 11.8 Å². The summed E-state index contributed by atoms with van der Waals surface area (Å²) in [5, 5.41) is 15.4. The molecule has 70 valence electrons. The number of rotatable bonds is 4. The molecule has 2 N–H and O–H groups in total. The maximum absolute atomic E-state index is 10.2. The maximum atomic E-state index is 10.2. The Morgan fingerprint density at radius 3 is 3.15 bits per heavy atom. The Bertz CT molecular complexity index is 321. The molecule has 6 heteroatoms. The number of H-pyrrole nitrogens is 1. The number of nitrogens with zero attached hydrogens (tertiary/aromatic N) is 2. The van der Waals surface area contributed by atoms with Gasteiger partial charge >= 0.3 is 5.97 Å². The lowest BCUT2D eigenvalue weighted by Crippen LogP contribution is -1.86. The van der Waals surface area contributed by atoms with E-state index in [0.29, 0.717) is 11.0 Å². The summed E-state index contributed by atoms with van der Waals surface area (Å²) in [6.45, 7) is 1.99. The number of carbonyl (C=O) groups is 1. The minimum Gasteiger partial charge on any atom is -0.478 e. The summed E-state index contributed by atoms with van der Waals surface area (Å²) >= 11 is 1.50. The molecule has 0 amide bonds. The van der Waals surface area contributed by atoms with Gasteiger partial charge < -0.3 is 5.11 Å². The summed E-state index contributed by atoms with van der Waals surface area (Å²) in [5.74, 6) is 0.347. The second kappa shape index (κ2) is 4.66. The van der Waals surface area contributed by atoms with E-state index in [4.69, 9.17) is 5.11 Å². The van der Waals surface area contributed by atoms with Gasteiger partial charge in [-0.05, 0) is 11.8 Å². The van der Waals surface area contributed by atoms with Crippen LogP contribution in [0.3, 0.4) is 0 Å². The van der Waals surface area contributed by atoms with E-state index in [2.05, 4.69) is 15.2 Å². The van der Waals surface area contributed by atoms with E-state index in [1.54, 1.807) is 0 Å². The summed E-state index contributed by atoms with van der Waals surface area (Å²) in [4.78, 5) is 14.2. The molecule has 0 radical (unpaired) electrons. The van der Waals surface area contributed by atoms with Gasteiger partial charge in [-0.25, -0.2) is 9.78 Å². The molecule has 0 saturated heterocycles. The van der Waals surface area contributed by atoms with Gasteiger partial charge in [0, 0.05) is 6.08 Å². The Balaban J connectivity index is 2.63. The Morgan fingerprint density at radius 1 is 1.77 bits per heavy atom. The van der Waals surface area contributed by atoms with Crippen molar-refractivity contribution in [2.24, 2.45) is 0 Å². The molecule has 5 nitrogen and oxygen atoms in total. The van der Waals surface area contributed by atoms with Crippen molar-refractivity contribution in [1.82, 2.24) is 15.2 Å². The minimum atomic E-state index is -0.999. The molecule has 0 aliphatic heterocycles. The predicted molar refractivity (Wildman–Crippen MR) is 49.5 cm³/mol. The topological polar surface area (TPSA) is 78.9 Å². The number of hydrogen-bond acceptors (Lipinski definition) is 4. The van der Waals surface area contributed by atoms with Crippen LogP contribution in [-0.2, 0) is 4.79 Å². The lowest BCUT2D eigenvalue weighted by atomic mass is 10.5.